The molecule has 2 nitrogen and oxygen atoms in total. The summed E-state index contributed by atoms with van der Waals surface area (Å²) >= 11 is 0. The molecule has 0 amide bonds. The monoisotopic (exact) mass is 195 g/mol. The highest BCUT2D eigenvalue weighted by atomic mass is 16.5. The van der Waals surface area contributed by atoms with Crippen molar-refractivity contribution in [3.05, 3.63) is 11.8 Å². The maximum absolute atomic E-state index is 5.42. The third-order valence-electron chi connectivity index (χ3n) is 3.39. The summed E-state index contributed by atoms with van der Waals surface area (Å²) in [7, 11) is 0. The van der Waals surface area contributed by atoms with Crippen LogP contribution in [-0.2, 0) is 4.74 Å². The molecule has 1 aliphatic heterocycles. The Morgan fingerprint density at radius 2 is 2.43 bits per heavy atom. The molecule has 1 saturated carbocycles. The highest BCUT2D eigenvalue weighted by Gasteiger charge is 2.40. The molecule has 1 aliphatic carbocycles. The van der Waals surface area contributed by atoms with E-state index in [4.69, 9.17) is 4.74 Å². The normalized spacial score (nSPS) is 33.1. The van der Waals surface area contributed by atoms with Crippen molar-refractivity contribution < 1.29 is 4.74 Å². The van der Waals surface area contributed by atoms with E-state index in [1.807, 2.05) is 6.26 Å². The van der Waals surface area contributed by atoms with Crippen LogP contribution in [0.3, 0.4) is 0 Å². The maximum Gasteiger partial charge on any atom is 0.0876 e. The molecule has 0 aromatic heterocycles. The second-order valence-electron chi connectivity index (χ2n) is 4.58. The average Bonchev–Trinajstić information content (AvgIpc) is 2.93. The molecule has 0 spiro atoms. The summed E-state index contributed by atoms with van der Waals surface area (Å²) in [5.74, 6) is 1.77. The highest BCUT2D eigenvalue weighted by molar-refractivity contribution is 5.15. The number of nitrogens with one attached hydrogen (secondary N) is 1. The fraction of sp³-hybridized carbons (Fsp3) is 0.833. The van der Waals surface area contributed by atoms with Gasteiger partial charge in [-0.05, 0) is 43.2 Å². The first-order valence-corrected chi connectivity index (χ1v) is 5.87. The minimum Gasteiger partial charge on any atom is -0.501 e. The van der Waals surface area contributed by atoms with Gasteiger partial charge in [-0.3, -0.25) is 0 Å². The van der Waals surface area contributed by atoms with Gasteiger partial charge in [-0.25, -0.2) is 0 Å². The lowest BCUT2D eigenvalue weighted by atomic mass is 9.97. The molecule has 3 atom stereocenters. The van der Waals surface area contributed by atoms with Crippen LogP contribution in [0.1, 0.15) is 33.1 Å². The predicted molar refractivity (Wildman–Crippen MR) is 58.0 cm³/mol. The van der Waals surface area contributed by atoms with Crippen LogP contribution in [0.2, 0.25) is 0 Å². The van der Waals surface area contributed by atoms with E-state index in [1.54, 1.807) is 0 Å². The van der Waals surface area contributed by atoms with Gasteiger partial charge in [-0.2, -0.15) is 0 Å². The quantitative estimate of drug-likeness (QED) is 0.743. The Kier molecular flexibility index (Phi) is 3.12. The van der Waals surface area contributed by atoms with Gasteiger partial charge in [-0.1, -0.05) is 13.8 Å². The molecule has 0 bridgehead atoms. The first-order valence-electron chi connectivity index (χ1n) is 5.87. The third kappa shape index (κ3) is 2.11. The van der Waals surface area contributed by atoms with Gasteiger partial charge in [0.1, 0.15) is 0 Å². The van der Waals surface area contributed by atoms with E-state index in [1.165, 1.54) is 24.8 Å². The van der Waals surface area contributed by atoms with Gasteiger partial charge in [0.15, 0.2) is 0 Å². The molecule has 0 aromatic carbocycles. The average molecular weight is 195 g/mol. The van der Waals surface area contributed by atoms with E-state index < -0.39 is 0 Å². The number of likely N-dealkylation sites (N-methyl/N-ethyl adjacent to an activating group) is 1. The molecule has 0 radical (unpaired) electrons. The van der Waals surface area contributed by atoms with Crippen molar-refractivity contribution in [2.24, 2.45) is 11.8 Å². The molecule has 80 valence electrons. The third-order valence-corrected chi connectivity index (χ3v) is 3.39. The Morgan fingerprint density at radius 1 is 1.64 bits per heavy atom. The molecule has 0 saturated heterocycles. The lowest BCUT2D eigenvalue weighted by Gasteiger charge is -2.24. The molecule has 2 heteroatoms. The van der Waals surface area contributed by atoms with E-state index in [2.05, 4.69) is 19.2 Å². The molecule has 0 aromatic rings. The fourth-order valence-electron chi connectivity index (χ4n) is 2.41. The van der Waals surface area contributed by atoms with Gasteiger partial charge >= 0.3 is 0 Å². The highest BCUT2D eigenvalue weighted by Crippen LogP contribution is 2.43. The number of hydrogen-bond donors (Lipinski definition) is 1. The Hall–Kier alpha value is -0.500. The zero-order chi connectivity index (χ0) is 9.97. The Labute approximate surface area is 86.7 Å². The Balaban J connectivity index is 1.98. The van der Waals surface area contributed by atoms with Crippen LogP contribution in [0.25, 0.3) is 0 Å². The van der Waals surface area contributed by atoms with Gasteiger partial charge in [0.05, 0.1) is 12.9 Å². The Morgan fingerprint density at radius 3 is 2.93 bits per heavy atom. The van der Waals surface area contributed by atoms with Crippen molar-refractivity contribution in [3.8, 4) is 0 Å². The molecular formula is C12H21NO. The van der Waals surface area contributed by atoms with Crippen molar-refractivity contribution in [1.29, 1.82) is 0 Å². The van der Waals surface area contributed by atoms with Crippen molar-refractivity contribution in [1.82, 2.24) is 5.32 Å². The molecule has 3 unspecified atom stereocenters. The summed E-state index contributed by atoms with van der Waals surface area (Å²) in [4.78, 5) is 0. The smallest absolute Gasteiger partial charge is 0.0876 e. The topological polar surface area (TPSA) is 21.3 Å². The number of hydrogen-bond acceptors (Lipinski definition) is 2. The summed E-state index contributed by atoms with van der Waals surface area (Å²) in [5.41, 5.74) is 1.49. The van der Waals surface area contributed by atoms with Gasteiger partial charge in [0, 0.05) is 6.04 Å². The first-order chi connectivity index (χ1) is 6.83. The van der Waals surface area contributed by atoms with Crippen LogP contribution in [0.5, 0.6) is 0 Å². The number of ether oxygens (including phenoxy) is 1. The van der Waals surface area contributed by atoms with Crippen LogP contribution in [0.15, 0.2) is 11.8 Å². The second kappa shape index (κ2) is 4.35. The molecule has 1 heterocycles. The minimum atomic E-state index is 0.593. The molecule has 2 rings (SSSR count). The van der Waals surface area contributed by atoms with Crippen LogP contribution in [-0.4, -0.2) is 19.2 Å². The summed E-state index contributed by atoms with van der Waals surface area (Å²) in [6.07, 6.45) is 5.80. The lowest BCUT2D eigenvalue weighted by molar-refractivity contribution is 0.217. The van der Waals surface area contributed by atoms with E-state index in [0.717, 1.165) is 25.0 Å². The van der Waals surface area contributed by atoms with E-state index >= 15 is 0 Å². The minimum absolute atomic E-state index is 0.593. The van der Waals surface area contributed by atoms with Gasteiger partial charge in [-0.15, -0.1) is 0 Å². The zero-order valence-corrected chi connectivity index (χ0v) is 9.25. The standard InChI is InChI=1S/C12H21NO/c1-3-13-12(11-7-9(11)2)10-5-4-6-14-8-10/h8-9,11-13H,3-7H2,1-2H3. The summed E-state index contributed by atoms with van der Waals surface area (Å²) in [5, 5.41) is 3.60. The van der Waals surface area contributed by atoms with Crippen LogP contribution < -0.4 is 5.32 Å². The van der Waals surface area contributed by atoms with Crippen molar-refractivity contribution >= 4 is 0 Å². The largest absolute Gasteiger partial charge is 0.501 e. The second-order valence-corrected chi connectivity index (χ2v) is 4.58. The fourth-order valence-corrected chi connectivity index (χ4v) is 2.41. The molecule has 1 N–H and O–H groups in total. The summed E-state index contributed by atoms with van der Waals surface area (Å²) < 4.78 is 5.42. The first kappa shape index (κ1) is 10.0. The van der Waals surface area contributed by atoms with E-state index in [-0.39, 0.29) is 0 Å². The van der Waals surface area contributed by atoms with Crippen molar-refractivity contribution in [2.45, 2.75) is 39.2 Å². The molecule has 2 aliphatic rings. The van der Waals surface area contributed by atoms with E-state index in [9.17, 15) is 0 Å². The molecule has 14 heavy (non-hydrogen) atoms. The summed E-state index contributed by atoms with van der Waals surface area (Å²) in [6, 6.07) is 0.593. The van der Waals surface area contributed by atoms with Crippen molar-refractivity contribution in [3.63, 3.8) is 0 Å². The maximum atomic E-state index is 5.42. The molecular weight excluding hydrogens is 174 g/mol. The van der Waals surface area contributed by atoms with Crippen LogP contribution in [0.4, 0.5) is 0 Å². The van der Waals surface area contributed by atoms with E-state index in [0.29, 0.717) is 6.04 Å². The van der Waals surface area contributed by atoms with Crippen LogP contribution in [0, 0.1) is 11.8 Å². The predicted octanol–water partition coefficient (Wildman–Crippen LogP) is 2.31. The Bertz CT molecular complexity index is 224. The molecule has 1 fully saturated rings. The zero-order valence-electron chi connectivity index (χ0n) is 9.25. The summed E-state index contributed by atoms with van der Waals surface area (Å²) in [6.45, 7) is 6.50. The van der Waals surface area contributed by atoms with Crippen molar-refractivity contribution in [2.75, 3.05) is 13.2 Å². The van der Waals surface area contributed by atoms with Gasteiger partial charge in [0.25, 0.3) is 0 Å². The van der Waals surface area contributed by atoms with Gasteiger partial charge in [0.2, 0.25) is 0 Å². The number of rotatable bonds is 4. The SMILES string of the molecule is CCNC(C1=COCCC1)C1CC1C. The lowest BCUT2D eigenvalue weighted by Crippen LogP contribution is -2.34. The van der Waals surface area contributed by atoms with Crippen LogP contribution >= 0.6 is 0 Å². The van der Waals surface area contributed by atoms with Gasteiger partial charge < -0.3 is 10.1 Å².